The summed E-state index contributed by atoms with van der Waals surface area (Å²) in [4.78, 5) is 13.7. The number of sulfonamides is 1. The Hall–Kier alpha value is -1.44. The Kier molecular flexibility index (Phi) is 4.94. The molecule has 1 aliphatic heterocycles. The summed E-state index contributed by atoms with van der Waals surface area (Å²) in [7, 11) is -3.61. The molecule has 1 amide bonds. The smallest absolute Gasteiger partial charge is 0.240 e. The Bertz CT molecular complexity index is 733. The van der Waals surface area contributed by atoms with Gasteiger partial charge in [0, 0.05) is 25.2 Å². The van der Waals surface area contributed by atoms with Crippen molar-refractivity contribution in [3.05, 3.63) is 23.8 Å². The average molecular weight is 351 g/mol. The monoisotopic (exact) mass is 351 g/mol. The van der Waals surface area contributed by atoms with E-state index in [0.717, 1.165) is 43.4 Å². The van der Waals surface area contributed by atoms with E-state index in [2.05, 4.69) is 4.72 Å². The molecule has 1 fully saturated rings. The fourth-order valence-electron chi connectivity index (χ4n) is 3.79. The molecule has 0 saturated heterocycles. The van der Waals surface area contributed by atoms with E-state index in [1.165, 1.54) is 6.92 Å². The van der Waals surface area contributed by atoms with Crippen molar-refractivity contribution in [3.63, 3.8) is 0 Å². The van der Waals surface area contributed by atoms with Crippen LogP contribution in [0.25, 0.3) is 0 Å². The second kappa shape index (κ2) is 6.82. The predicted octanol–water partition coefficient (Wildman–Crippen LogP) is 1.39. The molecule has 1 aliphatic carbocycles. The summed E-state index contributed by atoms with van der Waals surface area (Å²) < 4.78 is 28.3. The number of aryl methyl sites for hydroxylation is 1. The van der Waals surface area contributed by atoms with Crippen molar-refractivity contribution in [2.45, 2.75) is 50.0 Å². The van der Waals surface area contributed by atoms with E-state index in [4.69, 9.17) is 5.73 Å². The lowest BCUT2D eigenvalue weighted by Crippen LogP contribution is -2.40. The quantitative estimate of drug-likeness (QED) is 0.857. The van der Waals surface area contributed by atoms with Crippen LogP contribution in [0, 0.1) is 5.92 Å². The third kappa shape index (κ3) is 3.34. The topological polar surface area (TPSA) is 92.5 Å². The van der Waals surface area contributed by atoms with Crippen molar-refractivity contribution >= 4 is 21.6 Å². The zero-order valence-corrected chi connectivity index (χ0v) is 14.8. The highest BCUT2D eigenvalue weighted by atomic mass is 32.2. The highest BCUT2D eigenvalue weighted by Crippen LogP contribution is 2.31. The predicted molar refractivity (Wildman–Crippen MR) is 93.3 cm³/mol. The second-order valence-electron chi connectivity index (χ2n) is 6.72. The molecule has 24 heavy (non-hydrogen) atoms. The Morgan fingerprint density at radius 3 is 2.83 bits per heavy atom. The summed E-state index contributed by atoms with van der Waals surface area (Å²) in [6.45, 7) is 2.64. The third-order valence-electron chi connectivity index (χ3n) is 5.13. The van der Waals surface area contributed by atoms with Crippen LogP contribution in [-0.2, 0) is 21.2 Å². The number of fused-ring (bicyclic) bond motifs is 1. The van der Waals surface area contributed by atoms with Crippen molar-refractivity contribution in [1.29, 1.82) is 0 Å². The van der Waals surface area contributed by atoms with Crippen LogP contribution in [0.4, 0.5) is 5.69 Å². The maximum atomic E-state index is 12.8. The van der Waals surface area contributed by atoms with Gasteiger partial charge >= 0.3 is 0 Å². The molecule has 6 nitrogen and oxygen atoms in total. The van der Waals surface area contributed by atoms with E-state index >= 15 is 0 Å². The van der Waals surface area contributed by atoms with E-state index < -0.39 is 10.0 Å². The standard InChI is InChI=1S/C17H25N3O3S/c1-12(21)20-9-3-5-13-7-8-15(10-17(13)20)24(22,23)19-16-6-2-4-14(16)11-18/h7-8,10,14,16,19H,2-6,9,11,18H2,1H3/t14-,16-/m1/s1. The van der Waals surface area contributed by atoms with Crippen molar-refractivity contribution in [2.75, 3.05) is 18.0 Å². The van der Waals surface area contributed by atoms with Gasteiger partial charge in [-0.25, -0.2) is 13.1 Å². The number of amides is 1. The molecule has 7 heteroatoms. The number of hydrogen-bond donors (Lipinski definition) is 2. The molecule has 2 atom stereocenters. The lowest BCUT2D eigenvalue weighted by atomic mass is 10.0. The summed E-state index contributed by atoms with van der Waals surface area (Å²) in [5.41, 5.74) is 7.49. The van der Waals surface area contributed by atoms with Crippen LogP contribution >= 0.6 is 0 Å². The first-order chi connectivity index (χ1) is 11.4. The lowest BCUT2D eigenvalue weighted by Gasteiger charge is -2.29. The minimum atomic E-state index is -3.61. The van der Waals surface area contributed by atoms with Gasteiger partial charge in [0.1, 0.15) is 0 Å². The summed E-state index contributed by atoms with van der Waals surface area (Å²) in [5, 5.41) is 0. The normalized spacial score (nSPS) is 24.0. The van der Waals surface area contributed by atoms with Gasteiger partial charge in [0.25, 0.3) is 0 Å². The summed E-state index contributed by atoms with van der Waals surface area (Å²) in [6, 6.07) is 5.00. The summed E-state index contributed by atoms with van der Waals surface area (Å²) in [6.07, 6.45) is 4.55. The molecule has 0 spiro atoms. The Morgan fingerprint density at radius 2 is 2.12 bits per heavy atom. The van der Waals surface area contributed by atoms with Crippen LogP contribution in [0.15, 0.2) is 23.1 Å². The van der Waals surface area contributed by atoms with Gasteiger partial charge in [-0.05, 0) is 55.8 Å². The van der Waals surface area contributed by atoms with Gasteiger partial charge in [-0.1, -0.05) is 12.5 Å². The van der Waals surface area contributed by atoms with E-state index in [1.54, 1.807) is 17.0 Å². The molecular weight excluding hydrogens is 326 g/mol. The van der Waals surface area contributed by atoms with E-state index in [1.807, 2.05) is 6.07 Å². The summed E-state index contributed by atoms with van der Waals surface area (Å²) >= 11 is 0. The van der Waals surface area contributed by atoms with Gasteiger partial charge in [0.05, 0.1) is 4.90 Å². The Morgan fingerprint density at radius 1 is 1.33 bits per heavy atom. The zero-order chi connectivity index (χ0) is 17.3. The molecule has 0 unspecified atom stereocenters. The van der Waals surface area contributed by atoms with Crippen LogP contribution in [-0.4, -0.2) is 33.5 Å². The van der Waals surface area contributed by atoms with Crippen LogP contribution in [0.2, 0.25) is 0 Å². The molecule has 132 valence electrons. The van der Waals surface area contributed by atoms with Gasteiger partial charge in [-0.15, -0.1) is 0 Å². The number of hydrogen-bond acceptors (Lipinski definition) is 4. The maximum Gasteiger partial charge on any atom is 0.240 e. The van der Waals surface area contributed by atoms with Crippen LogP contribution in [0.5, 0.6) is 0 Å². The van der Waals surface area contributed by atoms with Crippen molar-refractivity contribution in [2.24, 2.45) is 11.7 Å². The Labute approximate surface area is 143 Å². The molecule has 1 aromatic carbocycles. The molecule has 0 aromatic heterocycles. The van der Waals surface area contributed by atoms with Crippen molar-refractivity contribution in [1.82, 2.24) is 4.72 Å². The zero-order valence-electron chi connectivity index (χ0n) is 14.0. The minimum Gasteiger partial charge on any atom is -0.330 e. The van der Waals surface area contributed by atoms with Gasteiger partial charge in [0.15, 0.2) is 0 Å². The number of anilines is 1. The van der Waals surface area contributed by atoms with E-state index in [-0.39, 0.29) is 22.8 Å². The number of benzene rings is 1. The first kappa shape index (κ1) is 17.4. The third-order valence-corrected chi connectivity index (χ3v) is 6.62. The molecule has 1 saturated carbocycles. The lowest BCUT2D eigenvalue weighted by molar-refractivity contribution is -0.116. The highest BCUT2D eigenvalue weighted by Gasteiger charge is 2.31. The summed E-state index contributed by atoms with van der Waals surface area (Å²) in [5.74, 6) is 0.142. The van der Waals surface area contributed by atoms with Crippen LogP contribution in [0.1, 0.15) is 38.2 Å². The fraction of sp³-hybridized carbons (Fsp3) is 0.588. The fourth-order valence-corrected chi connectivity index (χ4v) is 5.15. The van der Waals surface area contributed by atoms with Crippen LogP contribution in [0.3, 0.4) is 0 Å². The number of carbonyl (C=O) groups is 1. The number of nitrogens with two attached hydrogens (primary N) is 1. The molecule has 1 aromatic rings. The number of nitrogens with zero attached hydrogens (tertiary/aromatic N) is 1. The highest BCUT2D eigenvalue weighted by molar-refractivity contribution is 7.89. The van der Waals surface area contributed by atoms with E-state index in [0.29, 0.717) is 13.1 Å². The van der Waals surface area contributed by atoms with Gasteiger partial charge in [-0.2, -0.15) is 0 Å². The number of nitrogens with one attached hydrogen (secondary N) is 1. The molecule has 1 heterocycles. The minimum absolute atomic E-state index is 0.0579. The first-order valence-electron chi connectivity index (χ1n) is 8.56. The second-order valence-corrected chi connectivity index (χ2v) is 8.43. The van der Waals surface area contributed by atoms with Gasteiger partial charge in [0.2, 0.25) is 15.9 Å². The number of carbonyl (C=O) groups excluding carboxylic acids is 1. The van der Waals surface area contributed by atoms with Gasteiger partial charge in [-0.3, -0.25) is 4.79 Å². The van der Waals surface area contributed by atoms with Crippen molar-refractivity contribution in [3.8, 4) is 0 Å². The maximum absolute atomic E-state index is 12.8. The molecule has 2 aliphatic rings. The van der Waals surface area contributed by atoms with Crippen LogP contribution < -0.4 is 15.4 Å². The number of rotatable bonds is 4. The molecule has 3 N–H and O–H groups in total. The Balaban J connectivity index is 1.89. The van der Waals surface area contributed by atoms with Crippen molar-refractivity contribution < 1.29 is 13.2 Å². The largest absolute Gasteiger partial charge is 0.330 e. The molecular formula is C17H25N3O3S. The first-order valence-corrected chi connectivity index (χ1v) is 10.0. The van der Waals surface area contributed by atoms with Gasteiger partial charge < -0.3 is 10.6 Å². The molecule has 3 rings (SSSR count). The SMILES string of the molecule is CC(=O)N1CCCc2ccc(S(=O)(=O)N[C@@H]3CCC[C@@H]3CN)cc21. The molecule has 0 radical (unpaired) electrons. The molecule has 0 bridgehead atoms. The van der Waals surface area contributed by atoms with E-state index in [9.17, 15) is 13.2 Å². The average Bonchev–Trinajstić information content (AvgIpc) is 3.00.